The van der Waals surface area contributed by atoms with E-state index < -0.39 is 0 Å². The molecule has 26 heavy (non-hydrogen) atoms. The van der Waals surface area contributed by atoms with Crippen molar-refractivity contribution in [2.45, 2.75) is 6.92 Å². The van der Waals surface area contributed by atoms with Gasteiger partial charge < -0.3 is 15.4 Å². The van der Waals surface area contributed by atoms with Gasteiger partial charge in [0.05, 0.1) is 24.4 Å². The van der Waals surface area contributed by atoms with Gasteiger partial charge in [-0.3, -0.25) is 0 Å². The van der Waals surface area contributed by atoms with E-state index in [4.69, 9.17) is 21.6 Å². The van der Waals surface area contributed by atoms with E-state index in [1.165, 1.54) is 0 Å². The number of nitriles is 1. The Morgan fingerprint density at radius 3 is 2.50 bits per heavy atom. The molecule has 7 heteroatoms. The molecular weight excluding hydrogens is 350 g/mol. The van der Waals surface area contributed by atoms with Crippen LogP contribution in [0.25, 0.3) is 0 Å². The monoisotopic (exact) mass is 365 g/mol. The maximum absolute atomic E-state index is 8.87. The Morgan fingerprint density at radius 1 is 1.04 bits per heavy atom. The number of aryl methyl sites for hydroxylation is 1. The molecule has 0 fully saturated rings. The highest BCUT2D eigenvalue weighted by molar-refractivity contribution is 6.31. The smallest absolute Gasteiger partial charge is 0.229 e. The van der Waals surface area contributed by atoms with Crippen LogP contribution >= 0.6 is 11.6 Å². The summed E-state index contributed by atoms with van der Waals surface area (Å²) in [5.74, 6) is 1.71. The van der Waals surface area contributed by atoms with Gasteiger partial charge in [0.15, 0.2) is 0 Å². The highest BCUT2D eigenvalue weighted by Crippen LogP contribution is 2.30. The van der Waals surface area contributed by atoms with Crippen LogP contribution in [0.4, 0.5) is 23.1 Å². The van der Waals surface area contributed by atoms with E-state index in [9.17, 15) is 0 Å². The van der Waals surface area contributed by atoms with Crippen LogP contribution in [0.3, 0.4) is 0 Å². The Labute approximate surface area is 156 Å². The van der Waals surface area contributed by atoms with Crippen LogP contribution in [-0.2, 0) is 0 Å². The lowest BCUT2D eigenvalue weighted by molar-refractivity contribution is 0.417. The van der Waals surface area contributed by atoms with Crippen LogP contribution in [-0.4, -0.2) is 17.1 Å². The van der Waals surface area contributed by atoms with E-state index in [1.54, 1.807) is 49.6 Å². The third-order valence-electron chi connectivity index (χ3n) is 3.55. The number of nitrogens with zero attached hydrogens (tertiary/aromatic N) is 3. The zero-order valence-electron chi connectivity index (χ0n) is 14.2. The van der Waals surface area contributed by atoms with Crippen molar-refractivity contribution in [1.82, 2.24) is 9.97 Å². The lowest BCUT2D eigenvalue weighted by Gasteiger charge is -2.13. The van der Waals surface area contributed by atoms with E-state index in [0.717, 1.165) is 11.4 Å². The molecule has 130 valence electrons. The summed E-state index contributed by atoms with van der Waals surface area (Å²) in [4.78, 5) is 8.86. The van der Waals surface area contributed by atoms with Crippen LogP contribution in [0.1, 0.15) is 11.3 Å². The SMILES string of the molecule is COc1ccc(Cl)cc1Nc1cc(C)nc(Nc2ccc(C#N)cc2)n1. The maximum atomic E-state index is 8.87. The topological polar surface area (TPSA) is 82.9 Å². The first-order chi connectivity index (χ1) is 12.6. The first-order valence-electron chi connectivity index (χ1n) is 7.81. The molecule has 0 bridgehead atoms. The fraction of sp³-hybridized carbons (Fsp3) is 0.105. The largest absolute Gasteiger partial charge is 0.495 e. The van der Waals surface area contributed by atoms with E-state index >= 15 is 0 Å². The number of ether oxygens (including phenoxy) is 1. The predicted octanol–water partition coefficient (Wildman–Crippen LogP) is 4.81. The molecule has 2 N–H and O–H groups in total. The van der Waals surface area contributed by atoms with Gasteiger partial charge in [-0.05, 0) is 49.4 Å². The molecule has 0 spiro atoms. The molecule has 0 aliphatic rings. The van der Waals surface area contributed by atoms with Crippen LogP contribution in [0.5, 0.6) is 5.75 Å². The lowest BCUT2D eigenvalue weighted by Crippen LogP contribution is -2.03. The minimum Gasteiger partial charge on any atom is -0.495 e. The van der Waals surface area contributed by atoms with Crippen LogP contribution in [0.2, 0.25) is 5.02 Å². The Balaban J connectivity index is 1.85. The summed E-state index contributed by atoms with van der Waals surface area (Å²) in [6, 6.07) is 16.3. The van der Waals surface area contributed by atoms with E-state index in [-0.39, 0.29) is 0 Å². The van der Waals surface area contributed by atoms with Crippen molar-refractivity contribution in [2.75, 3.05) is 17.7 Å². The number of anilines is 4. The number of benzene rings is 2. The zero-order valence-corrected chi connectivity index (χ0v) is 15.0. The van der Waals surface area contributed by atoms with Crippen LogP contribution in [0.15, 0.2) is 48.5 Å². The number of aromatic nitrogens is 2. The number of hydrogen-bond acceptors (Lipinski definition) is 6. The van der Waals surface area contributed by atoms with Gasteiger partial charge in [-0.15, -0.1) is 0 Å². The summed E-state index contributed by atoms with van der Waals surface area (Å²) >= 11 is 6.07. The zero-order chi connectivity index (χ0) is 18.5. The molecule has 3 rings (SSSR count). The van der Waals surface area contributed by atoms with Gasteiger partial charge in [-0.1, -0.05) is 11.6 Å². The Hall–Kier alpha value is -3.30. The fourth-order valence-corrected chi connectivity index (χ4v) is 2.53. The molecule has 1 aromatic heterocycles. The van der Waals surface area contributed by atoms with E-state index in [0.29, 0.717) is 33.8 Å². The second-order valence-corrected chi connectivity index (χ2v) is 5.94. The van der Waals surface area contributed by atoms with Gasteiger partial charge >= 0.3 is 0 Å². The number of nitrogens with one attached hydrogen (secondary N) is 2. The minimum absolute atomic E-state index is 0.443. The highest BCUT2D eigenvalue weighted by Gasteiger charge is 2.08. The quantitative estimate of drug-likeness (QED) is 0.675. The van der Waals surface area contributed by atoms with Crippen molar-refractivity contribution < 1.29 is 4.74 Å². The molecule has 0 aliphatic carbocycles. The van der Waals surface area contributed by atoms with Crippen LogP contribution < -0.4 is 15.4 Å². The van der Waals surface area contributed by atoms with Gasteiger partial charge in [0.2, 0.25) is 5.95 Å². The van der Waals surface area contributed by atoms with Gasteiger partial charge in [-0.2, -0.15) is 10.2 Å². The van der Waals surface area contributed by atoms with E-state index in [2.05, 4.69) is 26.7 Å². The second-order valence-electron chi connectivity index (χ2n) is 5.50. The normalized spacial score (nSPS) is 10.1. The first kappa shape index (κ1) is 17.5. The molecule has 0 radical (unpaired) electrons. The standard InChI is InChI=1S/C19H16ClN5O/c1-12-9-18(24-16-10-14(20)5-8-17(16)26-2)25-19(22-12)23-15-6-3-13(11-21)4-7-15/h3-10H,1-2H3,(H2,22,23,24,25). The summed E-state index contributed by atoms with van der Waals surface area (Å²) in [5, 5.41) is 15.8. The summed E-state index contributed by atoms with van der Waals surface area (Å²) in [6.45, 7) is 1.88. The van der Waals surface area contributed by atoms with Crippen molar-refractivity contribution in [3.63, 3.8) is 0 Å². The van der Waals surface area contributed by atoms with Crippen molar-refractivity contribution >= 4 is 34.7 Å². The number of rotatable bonds is 5. The van der Waals surface area contributed by atoms with Crippen molar-refractivity contribution in [2.24, 2.45) is 0 Å². The van der Waals surface area contributed by atoms with E-state index in [1.807, 2.05) is 13.0 Å². The third kappa shape index (κ3) is 4.21. The number of halogens is 1. The molecule has 1 heterocycles. The molecule has 0 unspecified atom stereocenters. The summed E-state index contributed by atoms with van der Waals surface area (Å²) < 4.78 is 5.34. The summed E-state index contributed by atoms with van der Waals surface area (Å²) in [6.07, 6.45) is 0. The van der Waals surface area contributed by atoms with Gasteiger partial charge in [0.25, 0.3) is 0 Å². The molecule has 0 aliphatic heterocycles. The molecule has 3 aromatic rings. The van der Waals surface area contributed by atoms with Gasteiger partial charge in [-0.25, -0.2) is 4.98 Å². The number of methoxy groups -OCH3 is 1. The Kier molecular flexibility index (Phi) is 5.20. The predicted molar refractivity (Wildman–Crippen MR) is 102 cm³/mol. The van der Waals surface area contributed by atoms with Crippen LogP contribution in [0, 0.1) is 18.3 Å². The average molecular weight is 366 g/mol. The molecule has 6 nitrogen and oxygen atoms in total. The fourth-order valence-electron chi connectivity index (χ4n) is 2.36. The molecule has 0 saturated heterocycles. The average Bonchev–Trinajstić information content (AvgIpc) is 2.62. The van der Waals surface area contributed by atoms with Crippen molar-refractivity contribution in [1.29, 1.82) is 5.26 Å². The Morgan fingerprint density at radius 2 is 1.81 bits per heavy atom. The number of hydrogen-bond donors (Lipinski definition) is 2. The lowest BCUT2D eigenvalue weighted by atomic mass is 10.2. The second kappa shape index (κ2) is 7.72. The molecule has 0 atom stereocenters. The summed E-state index contributed by atoms with van der Waals surface area (Å²) in [5.41, 5.74) is 2.89. The highest BCUT2D eigenvalue weighted by atomic mass is 35.5. The molecule has 2 aromatic carbocycles. The molecule has 0 saturated carbocycles. The molecular formula is C19H16ClN5O. The first-order valence-corrected chi connectivity index (χ1v) is 8.18. The van der Waals surface area contributed by atoms with Crippen molar-refractivity contribution in [3.05, 3.63) is 64.8 Å². The van der Waals surface area contributed by atoms with Gasteiger partial charge in [0.1, 0.15) is 11.6 Å². The maximum Gasteiger partial charge on any atom is 0.229 e. The molecule has 0 amide bonds. The summed E-state index contributed by atoms with van der Waals surface area (Å²) in [7, 11) is 1.59. The van der Waals surface area contributed by atoms with Gasteiger partial charge in [0, 0.05) is 22.5 Å². The Bertz CT molecular complexity index is 967. The van der Waals surface area contributed by atoms with Crippen molar-refractivity contribution in [3.8, 4) is 11.8 Å². The minimum atomic E-state index is 0.443. The third-order valence-corrected chi connectivity index (χ3v) is 3.78.